The van der Waals surface area contributed by atoms with Crippen molar-refractivity contribution in [2.45, 2.75) is 32.3 Å². The molecule has 1 unspecified atom stereocenters. The summed E-state index contributed by atoms with van der Waals surface area (Å²) in [5.41, 5.74) is 0. The predicted octanol–water partition coefficient (Wildman–Crippen LogP) is 0.0805. The van der Waals surface area contributed by atoms with Gasteiger partial charge in [0, 0.05) is 25.9 Å². The Bertz CT molecular complexity index is 254. The molecule has 86 valence electrons. The Morgan fingerprint density at radius 2 is 2.13 bits per heavy atom. The second-order valence-electron chi connectivity index (χ2n) is 4.19. The molecule has 1 rings (SSSR count). The molecule has 0 bridgehead atoms. The first-order chi connectivity index (χ1) is 6.99. The van der Waals surface area contributed by atoms with E-state index in [1.807, 2.05) is 0 Å². The molecule has 0 spiro atoms. The highest BCUT2D eigenvalue weighted by atomic mass is 16.4. The van der Waals surface area contributed by atoms with Crippen LogP contribution in [0.3, 0.4) is 0 Å². The van der Waals surface area contributed by atoms with Crippen LogP contribution in [0.1, 0.15) is 26.2 Å². The number of rotatable bonds is 4. The van der Waals surface area contributed by atoms with Crippen LogP contribution in [0, 0.1) is 5.92 Å². The summed E-state index contributed by atoms with van der Waals surface area (Å²) >= 11 is 0. The van der Waals surface area contributed by atoms with Gasteiger partial charge in [-0.3, -0.25) is 9.59 Å². The molecule has 15 heavy (non-hydrogen) atoms. The van der Waals surface area contributed by atoms with Gasteiger partial charge in [-0.25, -0.2) is 0 Å². The van der Waals surface area contributed by atoms with E-state index in [4.69, 9.17) is 5.11 Å². The number of hydrogen-bond acceptors (Lipinski definition) is 3. The van der Waals surface area contributed by atoms with E-state index in [9.17, 15) is 14.7 Å². The van der Waals surface area contributed by atoms with Crippen molar-refractivity contribution in [1.29, 1.82) is 0 Å². The number of aliphatic hydroxyl groups is 1. The van der Waals surface area contributed by atoms with Gasteiger partial charge in [0.25, 0.3) is 0 Å². The Balaban J connectivity index is 2.32. The normalized spacial score (nSPS) is 22.8. The van der Waals surface area contributed by atoms with Crippen LogP contribution < -0.4 is 0 Å². The van der Waals surface area contributed by atoms with Crippen LogP contribution in [-0.2, 0) is 9.59 Å². The number of nitrogens with zero attached hydrogens (tertiary/aromatic N) is 1. The number of carboxylic acids is 1. The van der Waals surface area contributed by atoms with Crippen molar-refractivity contribution in [3.63, 3.8) is 0 Å². The number of carbonyl (C=O) groups excluding carboxylic acids is 1. The molecule has 1 saturated heterocycles. The Morgan fingerprint density at radius 3 is 2.60 bits per heavy atom. The van der Waals surface area contributed by atoms with Gasteiger partial charge >= 0.3 is 5.97 Å². The fraction of sp³-hybridized carbons (Fsp3) is 0.800. The molecular weight excluding hydrogens is 198 g/mol. The van der Waals surface area contributed by atoms with Gasteiger partial charge in [0.2, 0.25) is 5.91 Å². The van der Waals surface area contributed by atoms with E-state index in [0.29, 0.717) is 19.5 Å². The number of hydrogen-bond donors (Lipinski definition) is 2. The van der Waals surface area contributed by atoms with E-state index >= 15 is 0 Å². The predicted molar refractivity (Wildman–Crippen MR) is 53.2 cm³/mol. The number of carbonyl (C=O) groups is 2. The summed E-state index contributed by atoms with van der Waals surface area (Å²) in [6.07, 6.45) is 0.476. The number of aliphatic carboxylic acids is 1. The summed E-state index contributed by atoms with van der Waals surface area (Å²) in [6, 6.07) is 0. The van der Waals surface area contributed by atoms with E-state index in [-0.39, 0.29) is 24.7 Å². The van der Waals surface area contributed by atoms with Crippen molar-refractivity contribution in [1.82, 2.24) is 4.90 Å². The second kappa shape index (κ2) is 5.11. The first-order valence-electron chi connectivity index (χ1n) is 5.16. The first kappa shape index (κ1) is 12.0. The lowest BCUT2D eigenvalue weighted by molar-refractivity contribution is -0.138. The average Bonchev–Trinajstić information content (AvgIpc) is 2.49. The third kappa shape index (κ3) is 3.87. The molecule has 0 radical (unpaired) electrons. The van der Waals surface area contributed by atoms with Crippen LogP contribution in [0.2, 0.25) is 0 Å². The fourth-order valence-electron chi connectivity index (χ4n) is 1.77. The lowest BCUT2D eigenvalue weighted by atomic mass is 10.0. The van der Waals surface area contributed by atoms with Crippen LogP contribution >= 0.6 is 0 Å². The zero-order chi connectivity index (χ0) is 11.4. The van der Waals surface area contributed by atoms with Crippen molar-refractivity contribution < 1.29 is 19.8 Å². The summed E-state index contributed by atoms with van der Waals surface area (Å²) in [4.78, 5) is 23.6. The molecule has 1 amide bonds. The highest BCUT2D eigenvalue weighted by molar-refractivity contribution is 5.77. The quantitative estimate of drug-likeness (QED) is 0.696. The minimum atomic E-state index is -0.878. The summed E-state index contributed by atoms with van der Waals surface area (Å²) < 4.78 is 0. The molecule has 1 fully saturated rings. The maximum absolute atomic E-state index is 11.6. The minimum Gasteiger partial charge on any atom is -0.481 e. The van der Waals surface area contributed by atoms with Gasteiger partial charge < -0.3 is 15.1 Å². The topological polar surface area (TPSA) is 77.8 Å². The zero-order valence-electron chi connectivity index (χ0n) is 8.85. The van der Waals surface area contributed by atoms with E-state index in [2.05, 4.69) is 0 Å². The highest BCUT2D eigenvalue weighted by Gasteiger charge is 2.25. The molecule has 1 aliphatic rings. The van der Waals surface area contributed by atoms with Crippen molar-refractivity contribution in [3.8, 4) is 0 Å². The standard InChI is InChI=1S/C10H17NO4/c1-7(5-10(14)15)4-9(13)11-3-2-8(12)6-11/h7-8,12H,2-6H2,1H3,(H,14,15)/t7?,8-/m0/s1. The Kier molecular flexibility index (Phi) is 4.08. The zero-order valence-corrected chi connectivity index (χ0v) is 8.85. The van der Waals surface area contributed by atoms with Gasteiger partial charge in [-0.05, 0) is 12.3 Å². The third-order valence-corrected chi connectivity index (χ3v) is 2.56. The molecule has 1 heterocycles. The van der Waals surface area contributed by atoms with Crippen molar-refractivity contribution >= 4 is 11.9 Å². The van der Waals surface area contributed by atoms with Crippen molar-refractivity contribution in [2.24, 2.45) is 5.92 Å². The monoisotopic (exact) mass is 215 g/mol. The van der Waals surface area contributed by atoms with Gasteiger partial charge in [0.1, 0.15) is 0 Å². The lowest BCUT2D eigenvalue weighted by Crippen LogP contribution is -2.30. The summed E-state index contributed by atoms with van der Waals surface area (Å²) in [5.74, 6) is -1.08. The lowest BCUT2D eigenvalue weighted by Gasteiger charge is -2.17. The number of amides is 1. The molecule has 0 saturated carbocycles. The average molecular weight is 215 g/mol. The molecule has 0 aromatic carbocycles. The van der Waals surface area contributed by atoms with Crippen molar-refractivity contribution in [2.75, 3.05) is 13.1 Å². The van der Waals surface area contributed by atoms with E-state index in [1.54, 1.807) is 11.8 Å². The van der Waals surface area contributed by atoms with Gasteiger partial charge in [0.05, 0.1) is 6.10 Å². The molecule has 0 aromatic heterocycles. The van der Waals surface area contributed by atoms with Crippen LogP contribution in [-0.4, -0.2) is 46.2 Å². The maximum Gasteiger partial charge on any atom is 0.303 e. The minimum absolute atomic E-state index is 0.0160. The van der Waals surface area contributed by atoms with Crippen LogP contribution in [0.5, 0.6) is 0 Å². The molecule has 5 nitrogen and oxygen atoms in total. The number of β-amino-alcohol motifs (C(OH)–C–C–N with tert-alkyl or cyclic N) is 1. The van der Waals surface area contributed by atoms with Crippen LogP contribution in [0.15, 0.2) is 0 Å². The number of carboxylic acid groups (broad SMARTS) is 1. The smallest absolute Gasteiger partial charge is 0.303 e. The van der Waals surface area contributed by atoms with E-state index in [0.717, 1.165) is 0 Å². The molecular formula is C10H17NO4. The van der Waals surface area contributed by atoms with Crippen molar-refractivity contribution in [3.05, 3.63) is 0 Å². The van der Waals surface area contributed by atoms with Gasteiger partial charge in [0.15, 0.2) is 0 Å². The molecule has 0 aromatic rings. The summed E-state index contributed by atoms with van der Waals surface area (Å²) in [5, 5.41) is 17.8. The number of likely N-dealkylation sites (tertiary alicyclic amines) is 1. The number of aliphatic hydroxyl groups excluding tert-OH is 1. The third-order valence-electron chi connectivity index (χ3n) is 2.56. The molecule has 2 N–H and O–H groups in total. The highest BCUT2D eigenvalue weighted by Crippen LogP contribution is 2.14. The largest absolute Gasteiger partial charge is 0.481 e. The Hall–Kier alpha value is -1.10. The van der Waals surface area contributed by atoms with Crippen LogP contribution in [0.4, 0.5) is 0 Å². The van der Waals surface area contributed by atoms with E-state index < -0.39 is 12.1 Å². The Morgan fingerprint density at radius 1 is 1.47 bits per heavy atom. The molecule has 0 aliphatic carbocycles. The van der Waals surface area contributed by atoms with E-state index in [1.165, 1.54) is 0 Å². The SMILES string of the molecule is CC(CC(=O)O)CC(=O)N1CC[C@H](O)C1. The second-order valence-corrected chi connectivity index (χ2v) is 4.19. The maximum atomic E-state index is 11.6. The summed E-state index contributed by atoms with van der Waals surface area (Å²) in [6.45, 7) is 2.72. The van der Waals surface area contributed by atoms with Gasteiger partial charge in [-0.15, -0.1) is 0 Å². The Labute approximate surface area is 88.7 Å². The molecule has 5 heteroatoms. The summed E-state index contributed by atoms with van der Waals surface area (Å²) in [7, 11) is 0. The van der Waals surface area contributed by atoms with Gasteiger partial charge in [-0.1, -0.05) is 6.92 Å². The van der Waals surface area contributed by atoms with Gasteiger partial charge in [-0.2, -0.15) is 0 Å². The molecule has 1 aliphatic heterocycles. The van der Waals surface area contributed by atoms with Crippen LogP contribution in [0.25, 0.3) is 0 Å². The fourth-order valence-corrected chi connectivity index (χ4v) is 1.77. The first-order valence-corrected chi connectivity index (χ1v) is 5.16. The molecule has 2 atom stereocenters.